The van der Waals surface area contributed by atoms with E-state index in [4.69, 9.17) is 0 Å². The summed E-state index contributed by atoms with van der Waals surface area (Å²) < 4.78 is 1.60. The molecule has 2 aromatic rings. The molecule has 2 aromatic carbocycles. The van der Waals surface area contributed by atoms with Gasteiger partial charge in [0, 0.05) is 0 Å². The van der Waals surface area contributed by atoms with Gasteiger partial charge in [-0.25, -0.2) is 0 Å². The van der Waals surface area contributed by atoms with E-state index >= 15 is 0 Å². The standard InChI is InChI=1S/C14H11.3CH3.Sn/c1-3-7-13(8-4-1)11-12-14-9-5-2-6-10-14;;;;/h1-9,11-12H;3*1H3;. The molecule has 0 saturated heterocycles. The molecular formula is C17H20Sn. The first-order chi connectivity index (χ1) is 8.57. The van der Waals surface area contributed by atoms with Gasteiger partial charge in [0.05, 0.1) is 0 Å². The van der Waals surface area contributed by atoms with Crippen molar-refractivity contribution < 1.29 is 0 Å². The van der Waals surface area contributed by atoms with E-state index in [0.29, 0.717) is 0 Å². The van der Waals surface area contributed by atoms with Crippen LogP contribution in [0.15, 0.2) is 54.6 Å². The molecular weight excluding hydrogens is 323 g/mol. The van der Waals surface area contributed by atoms with Crippen LogP contribution in [-0.4, -0.2) is 18.4 Å². The van der Waals surface area contributed by atoms with Gasteiger partial charge in [-0.05, 0) is 0 Å². The quantitative estimate of drug-likeness (QED) is 0.572. The van der Waals surface area contributed by atoms with Crippen LogP contribution in [0.4, 0.5) is 0 Å². The van der Waals surface area contributed by atoms with Crippen molar-refractivity contribution in [3.05, 3.63) is 65.7 Å². The monoisotopic (exact) mass is 344 g/mol. The van der Waals surface area contributed by atoms with Gasteiger partial charge in [0.15, 0.2) is 0 Å². The fraction of sp³-hybridized carbons (Fsp3) is 0.176. The van der Waals surface area contributed by atoms with E-state index in [2.05, 4.69) is 81.6 Å². The van der Waals surface area contributed by atoms with Crippen molar-refractivity contribution in [3.8, 4) is 0 Å². The molecule has 0 saturated carbocycles. The van der Waals surface area contributed by atoms with Crippen molar-refractivity contribution in [3.63, 3.8) is 0 Å². The van der Waals surface area contributed by atoms with Crippen LogP contribution in [0.2, 0.25) is 14.8 Å². The third-order valence-corrected chi connectivity index (χ3v) is 8.94. The molecule has 0 heterocycles. The Balaban J connectivity index is 2.33. The predicted molar refractivity (Wildman–Crippen MR) is 84.8 cm³/mol. The molecule has 0 atom stereocenters. The van der Waals surface area contributed by atoms with Crippen LogP contribution >= 0.6 is 0 Å². The Hall–Kier alpha value is -1.02. The molecule has 0 aliphatic heterocycles. The number of hydrogen-bond donors (Lipinski definition) is 0. The van der Waals surface area contributed by atoms with Gasteiger partial charge in [-0.15, -0.1) is 0 Å². The fourth-order valence-electron chi connectivity index (χ4n) is 2.08. The third-order valence-electron chi connectivity index (χ3n) is 3.02. The second-order valence-electron chi connectivity index (χ2n) is 5.58. The normalized spacial score (nSPS) is 11.9. The van der Waals surface area contributed by atoms with Crippen LogP contribution in [0.1, 0.15) is 11.1 Å². The first kappa shape index (κ1) is 13.4. The molecule has 0 amide bonds. The Morgan fingerprint density at radius 2 is 1.33 bits per heavy atom. The number of hydrogen-bond acceptors (Lipinski definition) is 0. The van der Waals surface area contributed by atoms with E-state index in [1.165, 1.54) is 11.1 Å². The van der Waals surface area contributed by atoms with Crippen LogP contribution in [0.25, 0.3) is 12.2 Å². The van der Waals surface area contributed by atoms with Crippen molar-refractivity contribution in [2.45, 2.75) is 14.8 Å². The van der Waals surface area contributed by atoms with E-state index < -0.39 is 18.4 Å². The predicted octanol–water partition coefficient (Wildman–Crippen LogP) is 4.40. The summed E-state index contributed by atoms with van der Waals surface area (Å²) in [5.74, 6) is 0. The van der Waals surface area contributed by atoms with E-state index in [0.717, 1.165) is 0 Å². The summed E-state index contributed by atoms with van der Waals surface area (Å²) >= 11 is -2.01. The molecule has 0 spiro atoms. The summed E-state index contributed by atoms with van der Waals surface area (Å²) in [6, 6.07) is 19.3. The average molecular weight is 343 g/mol. The molecule has 0 aromatic heterocycles. The summed E-state index contributed by atoms with van der Waals surface area (Å²) in [7, 11) is 0. The van der Waals surface area contributed by atoms with Gasteiger partial charge in [0.25, 0.3) is 0 Å². The SMILES string of the molecule is [CH3][Sn]([CH3])([CH3])[c]1ccccc1C=Cc1ccccc1. The number of rotatable bonds is 3. The Kier molecular flexibility index (Phi) is 4.28. The Bertz CT molecular complexity index is 533. The van der Waals surface area contributed by atoms with Gasteiger partial charge in [0.2, 0.25) is 0 Å². The van der Waals surface area contributed by atoms with Crippen LogP contribution in [-0.2, 0) is 0 Å². The molecule has 92 valence electrons. The molecule has 0 aliphatic carbocycles. The zero-order chi connectivity index (χ0) is 13.0. The van der Waals surface area contributed by atoms with Gasteiger partial charge in [-0.2, -0.15) is 0 Å². The zero-order valence-corrected chi connectivity index (χ0v) is 14.2. The Morgan fingerprint density at radius 3 is 2.00 bits per heavy atom. The average Bonchev–Trinajstić information content (AvgIpc) is 2.37. The van der Waals surface area contributed by atoms with Crippen LogP contribution in [0, 0.1) is 0 Å². The van der Waals surface area contributed by atoms with Crippen molar-refractivity contribution in [2.75, 3.05) is 0 Å². The molecule has 18 heavy (non-hydrogen) atoms. The van der Waals surface area contributed by atoms with Gasteiger partial charge in [-0.3, -0.25) is 0 Å². The molecule has 1 heteroatoms. The third kappa shape index (κ3) is 3.49. The van der Waals surface area contributed by atoms with Crippen molar-refractivity contribution >= 4 is 34.1 Å². The summed E-state index contributed by atoms with van der Waals surface area (Å²) in [4.78, 5) is 7.39. The van der Waals surface area contributed by atoms with E-state index in [1.54, 1.807) is 3.58 Å². The summed E-state index contributed by atoms with van der Waals surface area (Å²) in [6.45, 7) is 0. The molecule has 0 N–H and O–H groups in total. The van der Waals surface area contributed by atoms with Crippen LogP contribution in [0.3, 0.4) is 0 Å². The van der Waals surface area contributed by atoms with Crippen molar-refractivity contribution in [1.29, 1.82) is 0 Å². The molecule has 0 bridgehead atoms. The van der Waals surface area contributed by atoms with E-state index in [1.807, 2.05) is 0 Å². The summed E-state index contributed by atoms with van der Waals surface area (Å²) in [6.07, 6.45) is 4.46. The summed E-state index contributed by atoms with van der Waals surface area (Å²) in [5.41, 5.74) is 2.65. The Morgan fingerprint density at radius 1 is 0.722 bits per heavy atom. The van der Waals surface area contributed by atoms with Crippen molar-refractivity contribution in [2.24, 2.45) is 0 Å². The summed E-state index contributed by atoms with van der Waals surface area (Å²) in [5, 5.41) is 0. The second-order valence-corrected chi connectivity index (χ2v) is 20.0. The fourth-order valence-corrected chi connectivity index (χ4v) is 6.72. The Labute approximate surface area is 114 Å². The maximum atomic E-state index is 2.46. The minimum atomic E-state index is -2.01. The van der Waals surface area contributed by atoms with Gasteiger partial charge >= 0.3 is 115 Å². The van der Waals surface area contributed by atoms with E-state index in [9.17, 15) is 0 Å². The second kappa shape index (κ2) is 5.75. The first-order valence-corrected chi connectivity index (χ1v) is 16.4. The van der Waals surface area contributed by atoms with Gasteiger partial charge < -0.3 is 0 Å². The topological polar surface area (TPSA) is 0 Å². The molecule has 0 radical (unpaired) electrons. The van der Waals surface area contributed by atoms with Gasteiger partial charge in [0.1, 0.15) is 0 Å². The molecule has 0 unspecified atom stereocenters. The number of benzene rings is 2. The van der Waals surface area contributed by atoms with Crippen LogP contribution in [0.5, 0.6) is 0 Å². The molecule has 0 fully saturated rings. The molecule has 0 nitrogen and oxygen atoms in total. The van der Waals surface area contributed by atoms with Crippen LogP contribution < -0.4 is 3.58 Å². The molecule has 2 rings (SSSR count). The molecule has 0 aliphatic rings. The maximum absolute atomic E-state index is 2.46. The van der Waals surface area contributed by atoms with Crippen molar-refractivity contribution in [1.82, 2.24) is 0 Å². The van der Waals surface area contributed by atoms with Gasteiger partial charge in [-0.1, -0.05) is 0 Å². The van der Waals surface area contributed by atoms with E-state index in [-0.39, 0.29) is 0 Å². The first-order valence-electron chi connectivity index (χ1n) is 6.40. The zero-order valence-electron chi connectivity index (χ0n) is 11.4. The minimum absolute atomic E-state index is 1.26.